The molecule has 1 saturated heterocycles. The van der Waals surface area contributed by atoms with Crippen molar-refractivity contribution < 1.29 is 18.7 Å². The lowest BCUT2D eigenvalue weighted by Gasteiger charge is -2.17. The van der Waals surface area contributed by atoms with Gasteiger partial charge < -0.3 is 24.3 Å². The number of ether oxygens (including phenoxy) is 1. The SMILES string of the molecule is CN(C)C(=O)c1ccc(CNC(=O)N2CCC(Oc3ccccc3)C2)o1. The number of likely N-dealkylation sites (tertiary alicyclic amines) is 1. The summed E-state index contributed by atoms with van der Waals surface area (Å²) < 4.78 is 11.4. The first kappa shape index (κ1) is 17.8. The molecule has 1 aliphatic rings. The van der Waals surface area contributed by atoms with Crippen LogP contribution in [0.1, 0.15) is 22.7 Å². The zero-order valence-electron chi connectivity index (χ0n) is 15.0. The minimum atomic E-state index is -0.206. The van der Waals surface area contributed by atoms with Gasteiger partial charge in [-0.3, -0.25) is 4.79 Å². The van der Waals surface area contributed by atoms with Crippen molar-refractivity contribution in [3.05, 3.63) is 54.0 Å². The van der Waals surface area contributed by atoms with Gasteiger partial charge in [0.1, 0.15) is 17.6 Å². The van der Waals surface area contributed by atoms with Gasteiger partial charge in [-0.15, -0.1) is 0 Å². The van der Waals surface area contributed by atoms with Crippen LogP contribution in [-0.4, -0.2) is 55.0 Å². The van der Waals surface area contributed by atoms with E-state index in [1.165, 1.54) is 4.90 Å². The molecule has 3 amide bonds. The van der Waals surface area contributed by atoms with Gasteiger partial charge in [0.05, 0.1) is 13.1 Å². The van der Waals surface area contributed by atoms with E-state index in [1.54, 1.807) is 31.1 Å². The molecular weight excluding hydrogens is 334 g/mol. The summed E-state index contributed by atoms with van der Waals surface area (Å²) in [7, 11) is 3.32. The largest absolute Gasteiger partial charge is 0.489 e. The summed E-state index contributed by atoms with van der Waals surface area (Å²) in [6.07, 6.45) is 0.793. The van der Waals surface area contributed by atoms with Gasteiger partial charge in [-0.2, -0.15) is 0 Å². The summed E-state index contributed by atoms with van der Waals surface area (Å²) in [6, 6.07) is 12.7. The van der Waals surface area contributed by atoms with Crippen molar-refractivity contribution in [1.82, 2.24) is 15.1 Å². The third-order valence-electron chi connectivity index (χ3n) is 4.17. The van der Waals surface area contributed by atoms with Crippen LogP contribution >= 0.6 is 0 Å². The Morgan fingerprint density at radius 1 is 1.23 bits per heavy atom. The highest BCUT2D eigenvalue weighted by atomic mass is 16.5. The van der Waals surface area contributed by atoms with E-state index in [9.17, 15) is 9.59 Å². The summed E-state index contributed by atoms with van der Waals surface area (Å²) in [5.74, 6) is 1.41. The lowest BCUT2D eigenvalue weighted by Crippen LogP contribution is -2.39. The van der Waals surface area contributed by atoms with Crippen LogP contribution in [0.4, 0.5) is 4.79 Å². The summed E-state index contributed by atoms with van der Waals surface area (Å²) in [6.45, 7) is 1.43. The molecule has 7 heteroatoms. The van der Waals surface area contributed by atoms with E-state index < -0.39 is 0 Å². The Hall–Kier alpha value is -2.96. The molecule has 26 heavy (non-hydrogen) atoms. The van der Waals surface area contributed by atoms with Crippen LogP contribution in [0.3, 0.4) is 0 Å². The van der Waals surface area contributed by atoms with Crippen LogP contribution in [0.2, 0.25) is 0 Å². The molecule has 1 unspecified atom stereocenters. The molecule has 0 aliphatic carbocycles. The predicted molar refractivity (Wildman–Crippen MR) is 96.0 cm³/mol. The molecule has 0 radical (unpaired) electrons. The first-order valence-electron chi connectivity index (χ1n) is 8.58. The number of carbonyl (C=O) groups is 2. The molecule has 0 bridgehead atoms. The maximum atomic E-state index is 12.3. The molecule has 0 saturated carbocycles. The van der Waals surface area contributed by atoms with Gasteiger partial charge in [-0.25, -0.2) is 4.79 Å². The second kappa shape index (κ2) is 7.95. The van der Waals surface area contributed by atoms with E-state index in [-0.39, 0.29) is 30.3 Å². The number of benzene rings is 1. The highest BCUT2D eigenvalue weighted by Crippen LogP contribution is 2.18. The van der Waals surface area contributed by atoms with Gasteiger partial charge in [-0.05, 0) is 24.3 Å². The van der Waals surface area contributed by atoms with Gasteiger partial charge >= 0.3 is 6.03 Å². The van der Waals surface area contributed by atoms with E-state index in [1.807, 2.05) is 30.3 Å². The van der Waals surface area contributed by atoms with Crippen molar-refractivity contribution in [3.63, 3.8) is 0 Å². The molecular formula is C19H23N3O4. The zero-order chi connectivity index (χ0) is 18.5. The van der Waals surface area contributed by atoms with E-state index in [2.05, 4.69) is 5.32 Å². The standard InChI is InChI=1S/C19H23N3O4/c1-21(2)18(23)17-9-8-15(26-17)12-20-19(24)22-11-10-16(13-22)25-14-6-4-3-5-7-14/h3-9,16H,10-13H2,1-2H3,(H,20,24). The van der Waals surface area contributed by atoms with E-state index in [0.717, 1.165) is 12.2 Å². The zero-order valence-corrected chi connectivity index (χ0v) is 15.0. The number of nitrogens with one attached hydrogen (secondary N) is 1. The molecule has 0 spiro atoms. The number of nitrogens with zero attached hydrogens (tertiary/aromatic N) is 2. The van der Waals surface area contributed by atoms with Gasteiger partial charge in [0.2, 0.25) is 0 Å². The maximum Gasteiger partial charge on any atom is 0.317 e. The quantitative estimate of drug-likeness (QED) is 0.891. The molecule has 1 aromatic heterocycles. The third-order valence-corrected chi connectivity index (χ3v) is 4.17. The number of urea groups is 1. The summed E-state index contributed by atoms with van der Waals surface area (Å²) in [4.78, 5) is 27.3. The average Bonchev–Trinajstić information content (AvgIpc) is 3.29. The van der Waals surface area contributed by atoms with Crippen LogP contribution in [0.5, 0.6) is 5.75 Å². The molecule has 1 aromatic carbocycles. The van der Waals surface area contributed by atoms with E-state index >= 15 is 0 Å². The topological polar surface area (TPSA) is 75.0 Å². The summed E-state index contributed by atoms with van der Waals surface area (Å²) in [5, 5.41) is 2.82. The van der Waals surface area contributed by atoms with E-state index in [4.69, 9.17) is 9.15 Å². The Bertz CT molecular complexity index is 757. The number of para-hydroxylation sites is 1. The van der Waals surface area contributed by atoms with Crippen LogP contribution in [-0.2, 0) is 6.54 Å². The highest BCUT2D eigenvalue weighted by Gasteiger charge is 2.27. The van der Waals surface area contributed by atoms with Crippen molar-refractivity contribution in [2.75, 3.05) is 27.2 Å². The number of carbonyl (C=O) groups excluding carboxylic acids is 2. The van der Waals surface area contributed by atoms with Crippen molar-refractivity contribution in [1.29, 1.82) is 0 Å². The second-order valence-electron chi connectivity index (χ2n) is 6.41. The normalized spacial score (nSPS) is 16.4. The molecule has 3 rings (SSSR count). The first-order valence-corrected chi connectivity index (χ1v) is 8.58. The van der Waals surface area contributed by atoms with Gasteiger partial charge in [0.15, 0.2) is 5.76 Å². The molecule has 138 valence electrons. The summed E-state index contributed by atoms with van der Waals surface area (Å²) in [5.41, 5.74) is 0. The number of hydrogen-bond acceptors (Lipinski definition) is 4. The fourth-order valence-corrected chi connectivity index (χ4v) is 2.78. The fourth-order valence-electron chi connectivity index (χ4n) is 2.78. The fraction of sp³-hybridized carbons (Fsp3) is 0.368. The Labute approximate surface area is 152 Å². The van der Waals surface area contributed by atoms with Crippen molar-refractivity contribution in [2.24, 2.45) is 0 Å². The van der Waals surface area contributed by atoms with Crippen molar-refractivity contribution in [2.45, 2.75) is 19.1 Å². The molecule has 1 aliphatic heterocycles. The van der Waals surface area contributed by atoms with Gasteiger partial charge in [0, 0.05) is 27.1 Å². The predicted octanol–water partition coefficient (Wildman–Crippen LogP) is 2.34. The summed E-state index contributed by atoms with van der Waals surface area (Å²) >= 11 is 0. The number of amides is 3. The van der Waals surface area contributed by atoms with Crippen molar-refractivity contribution in [3.8, 4) is 5.75 Å². The minimum absolute atomic E-state index is 0.00363. The van der Waals surface area contributed by atoms with Crippen LogP contribution in [0.15, 0.2) is 46.9 Å². The Morgan fingerprint density at radius 2 is 2.00 bits per heavy atom. The molecule has 7 nitrogen and oxygen atoms in total. The lowest BCUT2D eigenvalue weighted by molar-refractivity contribution is 0.0794. The van der Waals surface area contributed by atoms with Crippen LogP contribution in [0.25, 0.3) is 0 Å². The molecule has 1 fully saturated rings. The monoisotopic (exact) mass is 357 g/mol. The highest BCUT2D eigenvalue weighted by molar-refractivity contribution is 5.91. The number of rotatable bonds is 5. The van der Waals surface area contributed by atoms with Crippen LogP contribution < -0.4 is 10.1 Å². The lowest BCUT2D eigenvalue weighted by atomic mass is 10.3. The number of hydrogen-bond donors (Lipinski definition) is 1. The van der Waals surface area contributed by atoms with Crippen LogP contribution in [0, 0.1) is 0 Å². The number of furan rings is 1. The third kappa shape index (κ3) is 4.36. The molecule has 1 N–H and O–H groups in total. The van der Waals surface area contributed by atoms with Crippen molar-refractivity contribution >= 4 is 11.9 Å². The smallest absolute Gasteiger partial charge is 0.317 e. The second-order valence-corrected chi connectivity index (χ2v) is 6.41. The van der Waals surface area contributed by atoms with Gasteiger partial charge in [-0.1, -0.05) is 18.2 Å². The van der Waals surface area contributed by atoms with Gasteiger partial charge in [0.25, 0.3) is 5.91 Å². The molecule has 2 aromatic rings. The van der Waals surface area contributed by atoms with E-state index in [0.29, 0.717) is 18.8 Å². The average molecular weight is 357 g/mol. The molecule has 1 atom stereocenters. The Morgan fingerprint density at radius 3 is 2.73 bits per heavy atom. The Kier molecular flexibility index (Phi) is 5.46. The first-order chi connectivity index (χ1) is 12.5. The Balaban J connectivity index is 1.46. The maximum absolute atomic E-state index is 12.3. The minimum Gasteiger partial charge on any atom is -0.489 e. The molecule has 2 heterocycles.